The van der Waals surface area contributed by atoms with E-state index in [0.29, 0.717) is 0 Å². The van der Waals surface area contributed by atoms with E-state index in [4.69, 9.17) is 0 Å². The molecule has 0 nitrogen and oxygen atoms in total. The molecule has 0 aliphatic rings. The van der Waals surface area contributed by atoms with Crippen molar-refractivity contribution in [1.82, 2.24) is 0 Å². The highest BCUT2D eigenvalue weighted by molar-refractivity contribution is 7.59. The third-order valence-corrected chi connectivity index (χ3v) is 0. The van der Waals surface area contributed by atoms with Crippen LogP contribution in [0.25, 0.3) is 0 Å². The lowest BCUT2D eigenvalue weighted by atomic mass is 19.0. The van der Waals surface area contributed by atoms with E-state index in [1.165, 1.54) is 0 Å². The molecule has 5 heavy (non-hydrogen) atoms. The fraction of sp³-hybridized carbons (Fsp3) is 0. The quantitative estimate of drug-likeness (QED) is 0.450. The van der Waals surface area contributed by atoms with Crippen LogP contribution in [0.5, 0.6) is 0 Å². The highest BCUT2D eigenvalue weighted by Crippen LogP contribution is 0.649. The van der Waals surface area contributed by atoms with Crippen LogP contribution in [0.2, 0.25) is 0 Å². The summed E-state index contributed by atoms with van der Waals surface area (Å²) >= 11 is 0. The van der Waals surface area contributed by atoms with Gasteiger partial charge in [0.15, 0.2) is 0 Å². The van der Waals surface area contributed by atoms with Crippen molar-refractivity contribution in [1.29, 1.82) is 0 Å². The molecule has 0 unspecified atom stereocenters. The highest BCUT2D eigenvalue weighted by Gasteiger charge is -0.196. The minimum atomic E-state index is 0. The minimum Gasteiger partial charge on any atom is -0.269 e. The monoisotopic (exact) mass is 128 g/mol. The van der Waals surface area contributed by atoms with Gasteiger partial charge < -0.3 is 0 Å². The van der Waals surface area contributed by atoms with Crippen molar-refractivity contribution in [2.75, 3.05) is 0 Å². The smallest absolute Gasteiger partial charge is 0.197 e. The van der Waals surface area contributed by atoms with Crippen molar-refractivity contribution in [3.63, 3.8) is 0 Å². The topological polar surface area (TPSA) is 0 Å². The third kappa shape index (κ3) is 116. The second-order valence-electron chi connectivity index (χ2n) is 0. The molecule has 0 aliphatic heterocycles. The van der Waals surface area contributed by atoms with E-state index in [-0.39, 0.29) is 41.1 Å². The van der Waals surface area contributed by atoms with Crippen LogP contribution in [-0.4, -0.2) is 0 Å². The van der Waals surface area contributed by atoms with Gasteiger partial charge in [-0.1, -0.05) is 0 Å². The molecule has 0 amide bonds. The zero-order valence-electron chi connectivity index (χ0n) is 2.22. The van der Waals surface area contributed by atoms with Crippen LogP contribution in [-0.2, 0) is 0 Å². The molecular formula is H7F3S2. The van der Waals surface area contributed by atoms with Crippen molar-refractivity contribution >= 4 is 27.0 Å². The van der Waals surface area contributed by atoms with Crippen LogP contribution in [0.3, 0.4) is 0 Å². The number of hydrogen-bond acceptors (Lipinski definition) is 0. The van der Waals surface area contributed by atoms with E-state index in [1.54, 1.807) is 0 Å². The molecule has 0 bridgehead atoms. The van der Waals surface area contributed by atoms with Crippen LogP contribution in [0.4, 0.5) is 14.1 Å². The van der Waals surface area contributed by atoms with E-state index in [9.17, 15) is 0 Å². The predicted molar refractivity (Wildman–Crippen MR) is 28.3 cm³/mol. The Kier molecular flexibility index (Phi) is 21000. The highest BCUT2D eigenvalue weighted by atomic mass is 32.1. The second-order valence-corrected chi connectivity index (χ2v) is 0. The van der Waals surface area contributed by atoms with Crippen molar-refractivity contribution < 1.29 is 14.1 Å². The van der Waals surface area contributed by atoms with Crippen molar-refractivity contribution in [2.45, 2.75) is 0 Å². The normalized spacial score (nSPS) is 0. The molecule has 0 saturated carbocycles. The van der Waals surface area contributed by atoms with Gasteiger partial charge in [0, 0.05) is 0 Å². The molecule has 0 heterocycles. The van der Waals surface area contributed by atoms with Crippen LogP contribution in [0.15, 0.2) is 0 Å². The summed E-state index contributed by atoms with van der Waals surface area (Å²) in [6, 6.07) is 0. The Morgan fingerprint density at radius 2 is 0.400 bits per heavy atom. The molecule has 0 spiro atoms. The first-order valence-corrected chi connectivity index (χ1v) is 0. The Labute approximate surface area is 41.9 Å². The van der Waals surface area contributed by atoms with Gasteiger partial charge in [0.1, 0.15) is 0 Å². The second kappa shape index (κ2) is 228. The molecule has 0 fully saturated rings. The Bertz CT molecular complexity index is 4.85. The Hall–Kier alpha value is 0.490. The van der Waals surface area contributed by atoms with E-state index in [1.807, 2.05) is 0 Å². The molecule has 0 atom stereocenters. The van der Waals surface area contributed by atoms with Crippen LogP contribution in [0.1, 0.15) is 0 Å². The average molecular weight is 128 g/mol. The van der Waals surface area contributed by atoms with Gasteiger partial charge in [-0.25, -0.2) is 0 Å². The average Bonchev–Trinajstić information content (AvgIpc) is 0. The van der Waals surface area contributed by atoms with Gasteiger partial charge in [-0.2, -0.15) is 27.0 Å². The Morgan fingerprint density at radius 1 is 0.400 bits per heavy atom. The Morgan fingerprint density at radius 3 is 0.400 bits per heavy atom. The lowest BCUT2D eigenvalue weighted by Gasteiger charge is -0.270. The number of hydrogen-bond donors (Lipinski definition) is 0. The molecule has 0 aromatic rings. The van der Waals surface area contributed by atoms with Crippen molar-refractivity contribution in [3.05, 3.63) is 0 Å². The molecule has 0 radical (unpaired) electrons. The first-order valence-electron chi connectivity index (χ1n) is 0. The lowest BCUT2D eigenvalue weighted by Crippen LogP contribution is 0.419. The summed E-state index contributed by atoms with van der Waals surface area (Å²) < 4.78 is 0. The minimum absolute atomic E-state index is 0. The molecule has 0 saturated heterocycles. The van der Waals surface area contributed by atoms with Gasteiger partial charge >= 0.3 is 0 Å². The van der Waals surface area contributed by atoms with Gasteiger partial charge in [-0.15, -0.1) is 0 Å². The summed E-state index contributed by atoms with van der Waals surface area (Å²) in [6.07, 6.45) is 0. The molecule has 0 aliphatic carbocycles. The van der Waals surface area contributed by atoms with Crippen molar-refractivity contribution in [2.24, 2.45) is 0 Å². The maximum absolute atomic E-state index is 0. The third-order valence-electron chi connectivity index (χ3n) is 0. The molecule has 0 aromatic carbocycles. The predicted octanol–water partition coefficient (Wildman–Crippen LogP) is 0.683. The maximum atomic E-state index is 0. The Balaban J connectivity index is 0. The summed E-state index contributed by atoms with van der Waals surface area (Å²) in [6.45, 7) is 0. The molecule has 40 valence electrons. The SMILES string of the molecule is F.F.F.S.S. The maximum Gasteiger partial charge on any atom is -0.197 e. The molecule has 0 aromatic heterocycles. The first-order chi connectivity index (χ1) is 0. The zero-order valence-corrected chi connectivity index (χ0v) is 4.22. The fourth-order valence-electron chi connectivity index (χ4n) is 0. The number of halogens is 3. The van der Waals surface area contributed by atoms with E-state index in [0.717, 1.165) is 0 Å². The van der Waals surface area contributed by atoms with Gasteiger partial charge in [-0.3, -0.25) is 14.1 Å². The van der Waals surface area contributed by atoms with Gasteiger partial charge in [0.05, 0.1) is 0 Å². The van der Waals surface area contributed by atoms with Crippen LogP contribution >= 0.6 is 27.0 Å². The standard InChI is InChI=1S/3FH.2H2S/h3*1H;2*1H2. The molecule has 0 N–H and O–H groups in total. The summed E-state index contributed by atoms with van der Waals surface area (Å²) in [7, 11) is 0. The summed E-state index contributed by atoms with van der Waals surface area (Å²) in [5.74, 6) is 0. The van der Waals surface area contributed by atoms with E-state index >= 15 is 0 Å². The fourth-order valence-corrected chi connectivity index (χ4v) is 0. The van der Waals surface area contributed by atoms with Crippen molar-refractivity contribution in [3.8, 4) is 0 Å². The molecular weight excluding hydrogens is 121 g/mol. The number of rotatable bonds is 0. The summed E-state index contributed by atoms with van der Waals surface area (Å²) in [4.78, 5) is 0. The summed E-state index contributed by atoms with van der Waals surface area (Å²) in [5, 5.41) is 0. The summed E-state index contributed by atoms with van der Waals surface area (Å²) in [5.41, 5.74) is 0. The van der Waals surface area contributed by atoms with E-state index < -0.39 is 0 Å². The van der Waals surface area contributed by atoms with E-state index in [2.05, 4.69) is 0 Å². The largest absolute Gasteiger partial charge is 0.269 e. The van der Waals surface area contributed by atoms with Crippen LogP contribution in [0, 0.1) is 0 Å². The molecule has 5 heteroatoms. The lowest BCUT2D eigenvalue weighted by molar-refractivity contribution is 1.11. The van der Waals surface area contributed by atoms with Gasteiger partial charge in [-0.05, 0) is 0 Å². The van der Waals surface area contributed by atoms with Gasteiger partial charge in [0.25, 0.3) is 0 Å². The first kappa shape index (κ1) is 461. The van der Waals surface area contributed by atoms with Gasteiger partial charge in [0.2, 0.25) is 0 Å². The zero-order chi connectivity index (χ0) is 0. The van der Waals surface area contributed by atoms with Crippen LogP contribution < -0.4 is 0 Å². The molecule has 0 rings (SSSR count).